The number of aromatic nitrogens is 1. The van der Waals surface area contributed by atoms with E-state index in [2.05, 4.69) is 37.8 Å². The normalized spacial score (nSPS) is 18.2. The molecule has 4 nitrogen and oxygen atoms in total. The molecule has 1 aliphatic rings. The Morgan fingerprint density at radius 3 is 2.95 bits per heavy atom. The number of rotatable bonds is 4. The molecule has 0 saturated carbocycles. The van der Waals surface area contributed by atoms with Crippen molar-refractivity contribution in [2.75, 3.05) is 24.5 Å². The Morgan fingerprint density at radius 2 is 2.23 bits per heavy atom. The van der Waals surface area contributed by atoms with E-state index >= 15 is 0 Å². The zero-order valence-electron chi connectivity index (χ0n) is 12.2. The highest BCUT2D eigenvalue weighted by Gasteiger charge is 2.22. The standard InChI is InChI=1S/C16H18IN3OS/c17-14-5-3-13(4-6-14)15(21)19-10-12-2-1-8-20(11-12)16-18-7-9-22-16/h3-7,9,12H,1-2,8,10-11H2,(H,19,21). The Balaban J connectivity index is 1.52. The van der Waals surface area contributed by atoms with Crippen LogP contribution in [-0.4, -0.2) is 30.5 Å². The molecule has 1 unspecified atom stereocenters. The van der Waals surface area contributed by atoms with E-state index in [0.29, 0.717) is 5.92 Å². The number of hydrogen-bond acceptors (Lipinski definition) is 4. The van der Waals surface area contributed by atoms with Crippen molar-refractivity contribution in [2.24, 2.45) is 5.92 Å². The van der Waals surface area contributed by atoms with Crippen molar-refractivity contribution in [3.05, 3.63) is 45.0 Å². The molecule has 0 spiro atoms. The van der Waals surface area contributed by atoms with Gasteiger partial charge < -0.3 is 10.2 Å². The molecule has 3 rings (SSSR count). The van der Waals surface area contributed by atoms with E-state index in [9.17, 15) is 4.79 Å². The molecule has 1 aromatic heterocycles. The topological polar surface area (TPSA) is 45.2 Å². The number of carbonyl (C=O) groups excluding carboxylic acids is 1. The molecule has 116 valence electrons. The molecule has 1 aromatic carbocycles. The third-order valence-electron chi connectivity index (χ3n) is 3.87. The highest BCUT2D eigenvalue weighted by atomic mass is 127. The lowest BCUT2D eigenvalue weighted by atomic mass is 9.98. The van der Waals surface area contributed by atoms with E-state index < -0.39 is 0 Å². The van der Waals surface area contributed by atoms with Gasteiger partial charge in [0.1, 0.15) is 0 Å². The van der Waals surface area contributed by atoms with Gasteiger partial charge in [-0.25, -0.2) is 4.98 Å². The van der Waals surface area contributed by atoms with E-state index in [1.54, 1.807) is 11.3 Å². The number of halogens is 1. The lowest BCUT2D eigenvalue weighted by Gasteiger charge is -2.32. The summed E-state index contributed by atoms with van der Waals surface area (Å²) in [6.45, 7) is 2.77. The largest absolute Gasteiger partial charge is 0.352 e. The van der Waals surface area contributed by atoms with E-state index in [1.165, 1.54) is 0 Å². The molecule has 1 saturated heterocycles. The molecule has 2 heterocycles. The van der Waals surface area contributed by atoms with Crippen LogP contribution in [0.4, 0.5) is 5.13 Å². The Morgan fingerprint density at radius 1 is 1.41 bits per heavy atom. The summed E-state index contributed by atoms with van der Waals surface area (Å²) < 4.78 is 1.14. The number of piperidine rings is 1. The van der Waals surface area contributed by atoms with Crippen LogP contribution >= 0.6 is 33.9 Å². The third-order valence-corrected chi connectivity index (χ3v) is 5.42. The smallest absolute Gasteiger partial charge is 0.251 e. The first kappa shape index (κ1) is 15.7. The fourth-order valence-corrected chi connectivity index (χ4v) is 3.76. The molecule has 22 heavy (non-hydrogen) atoms. The lowest BCUT2D eigenvalue weighted by Crippen LogP contribution is -2.41. The first-order valence-corrected chi connectivity index (χ1v) is 9.36. The second-order valence-electron chi connectivity index (χ2n) is 5.49. The first-order valence-electron chi connectivity index (χ1n) is 7.40. The lowest BCUT2D eigenvalue weighted by molar-refractivity contribution is 0.0945. The zero-order chi connectivity index (χ0) is 15.4. The van der Waals surface area contributed by atoms with Crippen LogP contribution in [-0.2, 0) is 0 Å². The van der Waals surface area contributed by atoms with Crippen molar-refractivity contribution in [1.82, 2.24) is 10.3 Å². The van der Waals surface area contributed by atoms with Crippen molar-refractivity contribution in [1.29, 1.82) is 0 Å². The number of amides is 1. The quantitative estimate of drug-likeness (QED) is 0.761. The van der Waals surface area contributed by atoms with Crippen LogP contribution in [0.3, 0.4) is 0 Å². The van der Waals surface area contributed by atoms with Gasteiger partial charge in [-0.05, 0) is 65.6 Å². The van der Waals surface area contributed by atoms with Crippen LogP contribution in [0.1, 0.15) is 23.2 Å². The minimum Gasteiger partial charge on any atom is -0.352 e. The average Bonchev–Trinajstić information content (AvgIpc) is 3.08. The summed E-state index contributed by atoms with van der Waals surface area (Å²) in [5, 5.41) is 6.17. The van der Waals surface area contributed by atoms with Crippen molar-refractivity contribution in [3.63, 3.8) is 0 Å². The van der Waals surface area contributed by atoms with Gasteiger partial charge in [0.15, 0.2) is 5.13 Å². The summed E-state index contributed by atoms with van der Waals surface area (Å²) in [6.07, 6.45) is 4.17. The number of nitrogens with zero attached hydrogens (tertiary/aromatic N) is 2. The molecule has 0 bridgehead atoms. The number of thiazole rings is 1. The SMILES string of the molecule is O=C(NCC1CCCN(c2nccs2)C1)c1ccc(I)cc1. The van der Waals surface area contributed by atoms with Gasteiger partial charge in [-0.15, -0.1) is 11.3 Å². The molecule has 2 aromatic rings. The highest BCUT2D eigenvalue weighted by molar-refractivity contribution is 14.1. The molecule has 1 fully saturated rings. The summed E-state index contributed by atoms with van der Waals surface area (Å²) in [7, 11) is 0. The molecule has 1 N–H and O–H groups in total. The molecular formula is C16H18IN3OS. The monoisotopic (exact) mass is 427 g/mol. The van der Waals surface area contributed by atoms with Crippen LogP contribution in [0, 0.1) is 9.49 Å². The van der Waals surface area contributed by atoms with Gasteiger partial charge >= 0.3 is 0 Å². The minimum atomic E-state index is 0.0165. The zero-order valence-corrected chi connectivity index (χ0v) is 15.1. The molecule has 1 atom stereocenters. The Labute approximate surface area is 148 Å². The van der Waals surface area contributed by atoms with Gasteiger partial charge in [-0.2, -0.15) is 0 Å². The number of carbonyl (C=O) groups is 1. The molecule has 6 heteroatoms. The predicted octanol–water partition coefficient (Wildman–Crippen LogP) is 3.39. The molecule has 1 aliphatic heterocycles. The van der Waals surface area contributed by atoms with Gasteiger partial charge in [0.05, 0.1) is 0 Å². The maximum Gasteiger partial charge on any atom is 0.251 e. The first-order chi connectivity index (χ1) is 10.7. The van der Waals surface area contributed by atoms with Gasteiger partial charge in [0.2, 0.25) is 0 Å². The summed E-state index contributed by atoms with van der Waals surface area (Å²) in [5.41, 5.74) is 0.730. The van der Waals surface area contributed by atoms with E-state index in [-0.39, 0.29) is 5.91 Å². The van der Waals surface area contributed by atoms with Crippen LogP contribution in [0.5, 0.6) is 0 Å². The van der Waals surface area contributed by atoms with E-state index in [4.69, 9.17) is 0 Å². The summed E-state index contributed by atoms with van der Waals surface area (Å²) >= 11 is 3.92. The van der Waals surface area contributed by atoms with Crippen molar-refractivity contribution >= 4 is 45.0 Å². The third kappa shape index (κ3) is 3.98. The van der Waals surface area contributed by atoms with Gasteiger partial charge in [0.25, 0.3) is 5.91 Å². The predicted molar refractivity (Wildman–Crippen MR) is 98.5 cm³/mol. The fraction of sp³-hybridized carbons (Fsp3) is 0.375. The molecule has 0 aliphatic carbocycles. The second kappa shape index (κ2) is 7.41. The summed E-state index contributed by atoms with van der Waals surface area (Å²) in [5.74, 6) is 0.508. The molecule has 1 amide bonds. The van der Waals surface area contributed by atoms with Crippen LogP contribution in [0.2, 0.25) is 0 Å². The highest BCUT2D eigenvalue weighted by Crippen LogP contribution is 2.24. The maximum absolute atomic E-state index is 12.2. The average molecular weight is 427 g/mol. The molecule has 0 radical (unpaired) electrons. The van der Waals surface area contributed by atoms with Gasteiger partial charge in [0, 0.05) is 40.3 Å². The number of hydrogen-bond donors (Lipinski definition) is 1. The van der Waals surface area contributed by atoms with Crippen molar-refractivity contribution in [2.45, 2.75) is 12.8 Å². The fourth-order valence-electron chi connectivity index (χ4n) is 2.72. The minimum absolute atomic E-state index is 0.0165. The Bertz CT molecular complexity index is 615. The van der Waals surface area contributed by atoms with Gasteiger partial charge in [-0.1, -0.05) is 0 Å². The van der Waals surface area contributed by atoms with E-state index in [0.717, 1.165) is 46.7 Å². The molecular weight excluding hydrogens is 409 g/mol. The van der Waals surface area contributed by atoms with Crippen molar-refractivity contribution < 1.29 is 4.79 Å². The number of anilines is 1. The Kier molecular flexibility index (Phi) is 5.30. The van der Waals surface area contributed by atoms with Crippen LogP contribution in [0.25, 0.3) is 0 Å². The summed E-state index contributed by atoms with van der Waals surface area (Å²) in [4.78, 5) is 18.9. The van der Waals surface area contributed by atoms with Crippen LogP contribution in [0.15, 0.2) is 35.8 Å². The number of nitrogens with one attached hydrogen (secondary N) is 1. The number of benzene rings is 1. The second-order valence-corrected chi connectivity index (χ2v) is 7.60. The van der Waals surface area contributed by atoms with Crippen LogP contribution < -0.4 is 10.2 Å². The van der Waals surface area contributed by atoms with E-state index in [1.807, 2.05) is 35.8 Å². The van der Waals surface area contributed by atoms with Crippen molar-refractivity contribution in [3.8, 4) is 0 Å². The Hall–Kier alpha value is -1.15. The maximum atomic E-state index is 12.2. The van der Waals surface area contributed by atoms with Gasteiger partial charge in [-0.3, -0.25) is 4.79 Å². The summed E-state index contributed by atoms with van der Waals surface area (Å²) in [6, 6.07) is 7.67.